The first-order chi connectivity index (χ1) is 15.0. The number of anilines is 1. The highest BCUT2D eigenvalue weighted by atomic mass is 79.9. The highest BCUT2D eigenvalue weighted by molar-refractivity contribution is 9.10. The van der Waals surface area contributed by atoms with Gasteiger partial charge in [0.2, 0.25) is 5.91 Å². The largest absolute Gasteiger partial charge is 0.326 e. The first kappa shape index (κ1) is 20.3. The Morgan fingerprint density at radius 1 is 1.26 bits per heavy atom. The van der Waals surface area contributed by atoms with Crippen LogP contribution >= 0.6 is 39.3 Å². The molecule has 1 aliphatic heterocycles. The molecule has 0 bridgehead atoms. The summed E-state index contributed by atoms with van der Waals surface area (Å²) in [6.45, 7) is 0. The Bertz CT molecular complexity index is 1390. The molecule has 1 N–H and O–H groups in total. The summed E-state index contributed by atoms with van der Waals surface area (Å²) in [5.41, 5.74) is 1.71. The minimum absolute atomic E-state index is 0.154. The number of halogens is 2. The monoisotopic (exact) mass is 515 g/mol. The standard InChI is InChI=1S/C21H15BrClN5O2S/c22-12-3-1-5-14(7-12)25-18(29)9-16-11-31-21-26-19-17(20(30)27(16)21)10-24-28(19)15-6-2-4-13(23)8-15/h1-8,10,16H,9,11H2,(H,25,29). The fourth-order valence-electron chi connectivity index (χ4n) is 3.57. The van der Waals surface area contributed by atoms with Gasteiger partial charge in [-0.1, -0.05) is 51.4 Å². The molecule has 3 heterocycles. The van der Waals surface area contributed by atoms with Crippen LogP contribution in [-0.4, -0.2) is 31.0 Å². The van der Waals surface area contributed by atoms with E-state index in [9.17, 15) is 9.59 Å². The number of hydrogen-bond acceptors (Lipinski definition) is 5. The average Bonchev–Trinajstić information content (AvgIpc) is 3.33. The molecule has 2 aromatic carbocycles. The smallest absolute Gasteiger partial charge is 0.265 e. The Morgan fingerprint density at radius 2 is 2.10 bits per heavy atom. The quantitative estimate of drug-likeness (QED) is 0.399. The first-order valence-electron chi connectivity index (χ1n) is 9.44. The summed E-state index contributed by atoms with van der Waals surface area (Å²) in [4.78, 5) is 30.5. The van der Waals surface area contributed by atoms with Crippen molar-refractivity contribution < 1.29 is 4.79 Å². The zero-order valence-electron chi connectivity index (χ0n) is 16.0. The number of carbonyl (C=O) groups is 1. The van der Waals surface area contributed by atoms with E-state index in [0.717, 1.165) is 10.2 Å². The lowest BCUT2D eigenvalue weighted by molar-refractivity contribution is -0.116. The number of thioether (sulfide) groups is 1. The predicted molar refractivity (Wildman–Crippen MR) is 125 cm³/mol. The molecule has 0 saturated heterocycles. The van der Waals surface area contributed by atoms with Crippen LogP contribution < -0.4 is 10.9 Å². The van der Waals surface area contributed by atoms with Gasteiger partial charge in [0.1, 0.15) is 5.39 Å². The summed E-state index contributed by atoms with van der Waals surface area (Å²) in [6, 6.07) is 14.3. The lowest BCUT2D eigenvalue weighted by atomic mass is 10.2. The normalized spacial score (nSPS) is 15.2. The third kappa shape index (κ3) is 3.88. The zero-order chi connectivity index (χ0) is 21.5. The lowest BCUT2D eigenvalue weighted by Crippen LogP contribution is -2.27. The molecule has 5 rings (SSSR count). The molecular formula is C21H15BrClN5O2S. The molecule has 1 amide bonds. The Balaban J connectivity index is 1.45. The van der Waals surface area contributed by atoms with Gasteiger partial charge in [0, 0.05) is 27.4 Å². The van der Waals surface area contributed by atoms with Gasteiger partial charge >= 0.3 is 0 Å². The molecule has 0 aliphatic carbocycles. The van der Waals surface area contributed by atoms with E-state index in [2.05, 4.69) is 31.3 Å². The Morgan fingerprint density at radius 3 is 2.90 bits per heavy atom. The second-order valence-corrected chi connectivity index (χ2v) is 9.41. The number of carbonyl (C=O) groups excluding carboxylic acids is 1. The summed E-state index contributed by atoms with van der Waals surface area (Å²) in [7, 11) is 0. The van der Waals surface area contributed by atoms with Gasteiger partial charge < -0.3 is 5.32 Å². The highest BCUT2D eigenvalue weighted by Crippen LogP contribution is 2.33. The van der Waals surface area contributed by atoms with E-state index >= 15 is 0 Å². The maximum atomic E-state index is 13.2. The van der Waals surface area contributed by atoms with Gasteiger partial charge in [-0.25, -0.2) is 9.67 Å². The van der Waals surface area contributed by atoms with E-state index in [0.29, 0.717) is 32.7 Å². The average molecular weight is 517 g/mol. The van der Waals surface area contributed by atoms with Crippen LogP contribution in [0, 0.1) is 0 Å². The van der Waals surface area contributed by atoms with Crippen LogP contribution in [0.25, 0.3) is 16.7 Å². The Labute approximate surface area is 194 Å². The third-order valence-corrected chi connectivity index (χ3v) is 6.78. The SMILES string of the molecule is O=C(CC1CSc2nc3c(cnn3-c3cccc(Cl)c3)c(=O)n21)Nc1cccc(Br)c1. The van der Waals surface area contributed by atoms with Gasteiger partial charge in [0.05, 0.1) is 17.9 Å². The highest BCUT2D eigenvalue weighted by Gasteiger charge is 2.29. The van der Waals surface area contributed by atoms with Crippen molar-refractivity contribution in [3.05, 3.63) is 74.6 Å². The molecule has 31 heavy (non-hydrogen) atoms. The van der Waals surface area contributed by atoms with E-state index in [4.69, 9.17) is 11.6 Å². The molecule has 1 unspecified atom stereocenters. The van der Waals surface area contributed by atoms with Crippen LogP contribution in [0.5, 0.6) is 0 Å². The molecule has 156 valence electrons. The minimum atomic E-state index is -0.272. The molecule has 0 fully saturated rings. The Hall–Kier alpha value is -2.62. The number of amides is 1. The summed E-state index contributed by atoms with van der Waals surface area (Å²) in [6.07, 6.45) is 1.70. The first-order valence-corrected chi connectivity index (χ1v) is 11.6. The van der Waals surface area contributed by atoms with Gasteiger partial charge in [0.25, 0.3) is 5.56 Å². The number of nitrogens with one attached hydrogen (secondary N) is 1. The number of fused-ring (bicyclic) bond motifs is 2. The lowest BCUT2D eigenvalue weighted by Gasteiger charge is -2.13. The number of nitrogens with zero attached hydrogens (tertiary/aromatic N) is 4. The van der Waals surface area contributed by atoms with Crippen molar-refractivity contribution >= 4 is 61.9 Å². The number of benzene rings is 2. The molecule has 1 atom stereocenters. The van der Waals surface area contributed by atoms with Crippen LogP contribution in [0.4, 0.5) is 5.69 Å². The second kappa shape index (κ2) is 8.14. The van der Waals surface area contributed by atoms with Crippen molar-refractivity contribution in [3.8, 4) is 5.69 Å². The molecule has 4 aromatic rings. The van der Waals surface area contributed by atoms with E-state index in [1.807, 2.05) is 36.4 Å². The molecule has 2 aromatic heterocycles. The maximum absolute atomic E-state index is 13.2. The fourth-order valence-corrected chi connectivity index (χ4v) is 5.28. The number of hydrogen-bond donors (Lipinski definition) is 1. The van der Waals surface area contributed by atoms with Crippen molar-refractivity contribution in [2.45, 2.75) is 17.6 Å². The summed E-state index contributed by atoms with van der Waals surface area (Å²) < 4.78 is 4.10. The van der Waals surface area contributed by atoms with Crippen molar-refractivity contribution in [2.24, 2.45) is 0 Å². The van der Waals surface area contributed by atoms with Gasteiger partial charge in [-0.3, -0.25) is 14.2 Å². The van der Waals surface area contributed by atoms with Crippen molar-refractivity contribution in [3.63, 3.8) is 0 Å². The third-order valence-electron chi connectivity index (χ3n) is 4.95. The molecule has 7 nitrogen and oxygen atoms in total. The number of aromatic nitrogens is 4. The second-order valence-electron chi connectivity index (χ2n) is 7.07. The molecule has 0 radical (unpaired) electrons. The molecule has 0 saturated carbocycles. The van der Waals surface area contributed by atoms with Crippen LogP contribution in [0.15, 0.2) is 69.2 Å². The van der Waals surface area contributed by atoms with E-state index in [-0.39, 0.29) is 23.9 Å². The van der Waals surface area contributed by atoms with Gasteiger partial charge in [0.15, 0.2) is 10.8 Å². The minimum Gasteiger partial charge on any atom is -0.326 e. The molecular weight excluding hydrogens is 502 g/mol. The molecule has 0 spiro atoms. The van der Waals surface area contributed by atoms with E-state index in [1.165, 1.54) is 18.0 Å². The van der Waals surface area contributed by atoms with Crippen molar-refractivity contribution in [1.29, 1.82) is 0 Å². The molecule has 10 heteroatoms. The summed E-state index contributed by atoms with van der Waals surface area (Å²) >= 11 is 11.0. The van der Waals surface area contributed by atoms with Crippen molar-refractivity contribution in [2.75, 3.05) is 11.1 Å². The maximum Gasteiger partial charge on any atom is 0.265 e. The van der Waals surface area contributed by atoms with Crippen LogP contribution in [-0.2, 0) is 4.79 Å². The topological polar surface area (TPSA) is 81.8 Å². The Kier molecular flexibility index (Phi) is 5.33. The van der Waals surface area contributed by atoms with Gasteiger partial charge in [-0.2, -0.15) is 5.10 Å². The number of rotatable bonds is 4. The van der Waals surface area contributed by atoms with Crippen molar-refractivity contribution in [1.82, 2.24) is 19.3 Å². The van der Waals surface area contributed by atoms with E-state index < -0.39 is 0 Å². The predicted octanol–water partition coefficient (Wildman–Crippen LogP) is 4.67. The van der Waals surface area contributed by atoms with Crippen LogP contribution in [0.1, 0.15) is 12.5 Å². The van der Waals surface area contributed by atoms with Gasteiger partial charge in [-0.15, -0.1) is 0 Å². The fraction of sp³-hybridized carbons (Fsp3) is 0.143. The van der Waals surface area contributed by atoms with Gasteiger partial charge in [-0.05, 0) is 36.4 Å². The van der Waals surface area contributed by atoms with E-state index in [1.54, 1.807) is 21.4 Å². The van der Waals surface area contributed by atoms with Crippen LogP contribution in [0.3, 0.4) is 0 Å². The zero-order valence-corrected chi connectivity index (χ0v) is 19.1. The summed E-state index contributed by atoms with van der Waals surface area (Å²) in [5, 5.41) is 8.80. The molecule has 1 aliphatic rings. The van der Waals surface area contributed by atoms with Crippen LogP contribution in [0.2, 0.25) is 5.02 Å². The summed E-state index contributed by atoms with van der Waals surface area (Å²) in [5.74, 6) is 0.448.